The second-order valence-corrected chi connectivity index (χ2v) is 3.11. The Kier molecular flexibility index (Phi) is 2.29. The molecule has 2 rings (SSSR count). The molecule has 0 atom stereocenters. The van der Waals surface area contributed by atoms with Crippen LogP contribution in [0.25, 0.3) is 11.0 Å². The third-order valence-electron chi connectivity index (χ3n) is 2.14. The molecule has 1 heterocycles. The Morgan fingerprint density at radius 1 is 1.47 bits per heavy atom. The largest absolute Gasteiger partial charge is 0.452 e. The number of hydrogen-bond donors (Lipinski definition) is 1. The van der Waals surface area contributed by atoms with Gasteiger partial charge in [-0.1, -0.05) is 12.1 Å². The van der Waals surface area contributed by atoms with Crippen LogP contribution in [0.5, 0.6) is 0 Å². The van der Waals surface area contributed by atoms with Gasteiger partial charge in [-0.3, -0.25) is 4.90 Å². The molecule has 0 radical (unpaired) electrons. The summed E-state index contributed by atoms with van der Waals surface area (Å²) in [5, 5.41) is 0. The molecule has 0 aliphatic carbocycles. The first-order chi connectivity index (χ1) is 7.22. The van der Waals surface area contributed by atoms with Gasteiger partial charge in [0.2, 0.25) is 5.95 Å². The minimum Gasteiger partial charge on any atom is -0.452 e. The van der Waals surface area contributed by atoms with E-state index in [-0.39, 0.29) is 0 Å². The molecule has 0 aliphatic heterocycles. The van der Waals surface area contributed by atoms with Crippen molar-refractivity contribution in [2.45, 2.75) is 0 Å². The molecule has 0 bridgehead atoms. The number of nitrogens with one attached hydrogen (secondary N) is 1. The summed E-state index contributed by atoms with van der Waals surface area (Å²) in [7, 11) is 2.94. The van der Waals surface area contributed by atoms with Crippen LogP contribution in [0.3, 0.4) is 0 Å². The van der Waals surface area contributed by atoms with Crippen LogP contribution in [0.2, 0.25) is 0 Å². The van der Waals surface area contributed by atoms with Gasteiger partial charge in [0.15, 0.2) is 0 Å². The third-order valence-corrected chi connectivity index (χ3v) is 2.14. The van der Waals surface area contributed by atoms with Gasteiger partial charge in [-0.2, -0.15) is 0 Å². The molecule has 78 valence electrons. The number of aromatic amines is 1. The van der Waals surface area contributed by atoms with Gasteiger partial charge >= 0.3 is 6.09 Å². The SMILES string of the molecule is COC(=O)N(C)c1nc2ccccc2[nH]1. The Balaban J connectivity index is 2.40. The van der Waals surface area contributed by atoms with Gasteiger partial charge < -0.3 is 9.72 Å². The molecule has 0 saturated heterocycles. The maximum Gasteiger partial charge on any atom is 0.416 e. The second kappa shape index (κ2) is 3.61. The van der Waals surface area contributed by atoms with E-state index in [2.05, 4.69) is 14.7 Å². The molecule has 1 amide bonds. The predicted molar refractivity (Wildman–Crippen MR) is 56.9 cm³/mol. The third kappa shape index (κ3) is 1.63. The number of carbonyl (C=O) groups excluding carboxylic acids is 1. The lowest BCUT2D eigenvalue weighted by Crippen LogP contribution is -2.26. The average Bonchev–Trinajstić information content (AvgIpc) is 2.70. The molecule has 5 heteroatoms. The number of methoxy groups -OCH3 is 1. The number of anilines is 1. The molecule has 1 aromatic carbocycles. The number of ether oxygens (including phenoxy) is 1. The fraction of sp³-hybridized carbons (Fsp3) is 0.200. The van der Waals surface area contributed by atoms with Crippen molar-refractivity contribution in [3.05, 3.63) is 24.3 Å². The van der Waals surface area contributed by atoms with E-state index in [4.69, 9.17) is 0 Å². The molecular formula is C10H11N3O2. The van der Waals surface area contributed by atoms with E-state index in [0.29, 0.717) is 5.95 Å². The summed E-state index contributed by atoms with van der Waals surface area (Å²) < 4.78 is 4.59. The van der Waals surface area contributed by atoms with E-state index in [0.717, 1.165) is 11.0 Å². The number of imidazole rings is 1. The van der Waals surface area contributed by atoms with Gasteiger partial charge in [-0.15, -0.1) is 0 Å². The average molecular weight is 205 g/mol. The van der Waals surface area contributed by atoms with E-state index < -0.39 is 6.09 Å². The molecule has 5 nitrogen and oxygen atoms in total. The van der Waals surface area contributed by atoms with Crippen molar-refractivity contribution in [1.29, 1.82) is 0 Å². The Bertz CT molecular complexity index is 459. The van der Waals surface area contributed by atoms with Gasteiger partial charge in [0.1, 0.15) is 0 Å². The smallest absolute Gasteiger partial charge is 0.416 e. The Morgan fingerprint density at radius 2 is 2.20 bits per heavy atom. The van der Waals surface area contributed by atoms with Gasteiger partial charge in [-0.05, 0) is 12.1 Å². The zero-order valence-electron chi connectivity index (χ0n) is 8.52. The molecular weight excluding hydrogens is 194 g/mol. The Hall–Kier alpha value is -2.04. The van der Waals surface area contributed by atoms with Crippen molar-refractivity contribution in [3.63, 3.8) is 0 Å². The van der Waals surface area contributed by atoms with Crippen LogP contribution in [0.1, 0.15) is 0 Å². The first-order valence-corrected chi connectivity index (χ1v) is 4.49. The van der Waals surface area contributed by atoms with Gasteiger partial charge in [-0.25, -0.2) is 9.78 Å². The van der Waals surface area contributed by atoms with Crippen LogP contribution in [-0.4, -0.2) is 30.2 Å². The second-order valence-electron chi connectivity index (χ2n) is 3.11. The lowest BCUT2D eigenvalue weighted by atomic mass is 10.3. The van der Waals surface area contributed by atoms with Crippen LogP contribution < -0.4 is 4.90 Å². The number of hydrogen-bond acceptors (Lipinski definition) is 3. The molecule has 0 unspecified atom stereocenters. The highest BCUT2D eigenvalue weighted by molar-refractivity contribution is 5.87. The minimum absolute atomic E-state index is 0.450. The van der Waals surface area contributed by atoms with Crippen LogP contribution >= 0.6 is 0 Å². The summed E-state index contributed by atoms with van der Waals surface area (Å²) >= 11 is 0. The van der Waals surface area contributed by atoms with Gasteiger partial charge in [0.25, 0.3) is 0 Å². The maximum absolute atomic E-state index is 11.2. The van der Waals surface area contributed by atoms with Crippen LogP contribution in [-0.2, 0) is 4.74 Å². The van der Waals surface area contributed by atoms with Crippen LogP contribution in [0.15, 0.2) is 24.3 Å². The van der Waals surface area contributed by atoms with Crippen molar-refractivity contribution >= 4 is 23.1 Å². The standard InChI is InChI=1S/C10H11N3O2/c1-13(10(14)15-2)9-11-7-5-3-4-6-8(7)12-9/h3-6H,1-2H3,(H,11,12). The number of fused-ring (bicyclic) bond motifs is 1. The fourth-order valence-electron chi connectivity index (χ4n) is 1.32. The summed E-state index contributed by atoms with van der Waals surface area (Å²) in [5.74, 6) is 0.475. The van der Waals surface area contributed by atoms with Crippen LogP contribution in [0, 0.1) is 0 Å². The van der Waals surface area contributed by atoms with Crippen molar-refractivity contribution in [2.75, 3.05) is 19.1 Å². The first-order valence-electron chi connectivity index (χ1n) is 4.49. The fourth-order valence-corrected chi connectivity index (χ4v) is 1.32. The van der Waals surface area contributed by atoms with E-state index in [1.54, 1.807) is 7.05 Å². The predicted octanol–water partition coefficient (Wildman–Crippen LogP) is 1.77. The minimum atomic E-state index is -0.450. The molecule has 0 saturated carbocycles. The van der Waals surface area contributed by atoms with E-state index in [1.807, 2.05) is 24.3 Å². The quantitative estimate of drug-likeness (QED) is 0.771. The van der Waals surface area contributed by atoms with Crippen molar-refractivity contribution in [2.24, 2.45) is 0 Å². The maximum atomic E-state index is 11.2. The first kappa shape index (κ1) is 9.51. The van der Waals surface area contributed by atoms with Crippen LogP contribution in [0.4, 0.5) is 10.7 Å². The highest BCUT2D eigenvalue weighted by Crippen LogP contribution is 2.16. The molecule has 15 heavy (non-hydrogen) atoms. The molecule has 1 N–H and O–H groups in total. The number of rotatable bonds is 1. The highest BCUT2D eigenvalue weighted by Gasteiger charge is 2.14. The van der Waals surface area contributed by atoms with E-state index >= 15 is 0 Å². The normalized spacial score (nSPS) is 10.3. The lowest BCUT2D eigenvalue weighted by Gasteiger charge is -2.10. The molecule has 0 aliphatic rings. The summed E-state index contributed by atoms with van der Waals surface area (Å²) in [4.78, 5) is 19.8. The zero-order valence-corrected chi connectivity index (χ0v) is 8.52. The summed E-state index contributed by atoms with van der Waals surface area (Å²) in [5.41, 5.74) is 1.71. The molecule has 1 aromatic heterocycles. The molecule has 0 spiro atoms. The summed E-state index contributed by atoms with van der Waals surface area (Å²) in [6.45, 7) is 0. The Morgan fingerprint density at radius 3 is 2.87 bits per heavy atom. The zero-order chi connectivity index (χ0) is 10.8. The number of H-pyrrole nitrogens is 1. The number of benzene rings is 1. The Labute approximate surface area is 86.7 Å². The van der Waals surface area contributed by atoms with Gasteiger partial charge in [0, 0.05) is 7.05 Å². The number of nitrogens with zero attached hydrogens (tertiary/aromatic N) is 2. The van der Waals surface area contributed by atoms with E-state index in [1.165, 1.54) is 12.0 Å². The number of carbonyl (C=O) groups is 1. The van der Waals surface area contributed by atoms with Crippen molar-refractivity contribution in [1.82, 2.24) is 9.97 Å². The molecule has 2 aromatic rings. The topological polar surface area (TPSA) is 58.2 Å². The number of para-hydroxylation sites is 2. The monoisotopic (exact) mass is 205 g/mol. The van der Waals surface area contributed by atoms with E-state index in [9.17, 15) is 4.79 Å². The number of aromatic nitrogens is 2. The summed E-state index contributed by atoms with van der Waals surface area (Å²) in [6, 6.07) is 7.57. The highest BCUT2D eigenvalue weighted by atomic mass is 16.5. The van der Waals surface area contributed by atoms with Crippen molar-refractivity contribution < 1.29 is 9.53 Å². The van der Waals surface area contributed by atoms with Crippen molar-refractivity contribution in [3.8, 4) is 0 Å². The molecule has 0 fully saturated rings. The summed E-state index contributed by atoms with van der Waals surface area (Å²) in [6.07, 6.45) is -0.450. The lowest BCUT2D eigenvalue weighted by molar-refractivity contribution is 0.180. The van der Waals surface area contributed by atoms with Gasteiger partial charge in [0.05, 0.1) is 18.1 Å². The number of amides is 1.